The fourth-order valence-electron chi connectivity index (χ4n) is 2.25. The first-order valence-electron chi connectivity index (χ1n) is 7.67. The quantitative estimate of drug-likeness (QED) is 0.527. The van der Waals surface area contributed by atoms with E-state index in [-0.39, 0.29) is 6.79 Å². The van der Waals surface area contributed by atoms with E-state index in [1.54, 1.807) is 11.8 Å². The van der Waals surface area contributed by atoms with Gasteiger partial charge in [0.15, 0.2) is 6.79 Å². The Labute approximate surface area is 145 Å². The second-order valence-electron chi connectivity index (χ2n) is 5.52. The summed E-state index contributed by atoms with van der Waals surface area (Å²) in [6.07, 6.45) is 5.96. The molecule has 1 saturated carbocycles. The molecule has 0 saturated heterocycles. The van der Waals surface area contributed by atoms with E-state index in [0.717, 1.165) is 27.3 Å². The van der Waals surface area contributed by atoms with E-state index in [4.69, 9.17) is 9.47 Å². The van der Waals surface area contributed by atoms with E-state index in [0.29, 0.717) is 0 Å². The van der Waals surface area contributed by atoms with Crippen LogP contribution in [0.3, 0.4) is 0 Å². The van der Waals surface area contributed by atoms with Crippen molar-refractivity contribution in [2.75, 3.05) is 19.0 Å². The molecule has 6 heteroatoms. The SMILES string of the molecule is COCOc1cc(SCSC2CCC2)cc(-c2[c]cn(C)n2)c1. The van der Waals surface area contributed by atoms with Gasteiger partial charge in [-0.05, 0) is 31.0 Å². The van der Waals surface area contributed by atoms with Crippen LogP contribution in [0.25, 0.3) is 11.3 Å². The molecule has 0 atom stereocenters. The molecule has 1 fully saturated rings. The van der Waals surface area contributed by atoms with Gasteiger partial charge in [0.2, 0.25) is 0 Å². The van der Waals surface area contributed by atoms with Gasteiger partial charge in [-0.3, -0.25) is 4.68 Å². The molecule has 1 aliphatic carbocycles. The monoisotopic (exact) mass is 349 g/mol. The number of hydrogen-bond donors (Lipinski definition) is 0. The Kier molecular flexibility index (Phi) is 5.91. The number of nitrogens with zero attached hydrogens (tertiary/aromatic N) is 2. The standard InChI is InChI=1S/C17H21N2O2S2/c1-19-7-6-17(18-19)13-8-14(21-11-20-2)10-16(9-13)23-12-22-15-4-3-5-15/h7-10,15H,3-5,11-12H2,1-2H3. The van der Waals surface area contributed by atoms with Crippen molar-refractivity contribution in [3.05, 3.63) is 30.5 Å². The Morgan fingerprint density at radius 3 is 2.87 bits per heavy atom. The lowest BCUT2D eigenvalue weighted by Gasteiger charge is -2.24. The first-order chi connectivity index (χ1) is 11.2. The third-order valence-electron chi connectivity index (χ3n) is 3.72. The van der Waals surface area contributed by atoms with E-state index in [1.807, 2.05) is 31.1 Å². The summed E-state index contributed by atoms with van der Waals surface area (Å²) in [5.74, 6) is 0.805. The predicted molar refractivity (Wildman–Crippen MR) is 95.9 cm³/mol. The third kappa shape index (κ3) is 4.68. The van der Waals surface area contributed by atoms with Crippen LogP contribution in [0.1, 0.15) is 19.3 Å². The molecule has 0 N–H and O–H groups in total. The fourth-order valence-corrected chi connectivity index (χ4v) is 4.91. The van der Waals surface area contributed by atoms with E-state index in [2.05, 4.69) is 35.1 Å². The van der Waals surface area contributed by atoms with Crippen LogP contribution in [-0.2, 0) is 11.8 Å². The highest BCUT2D eigenvalue weighted by atomic mass is 32.2. The molecule has 4 nitrogen and oxygen atoms in total. The van der Waals surface area contributed by atoms with E-state index in [9.17, 15) is 0 Å². The first-order valence-corrected chi connectivity index (χ1v) is 9.71. The molecule has 0 unspecified atom stereocenters. The molecule has 1 aromatic carbocycles. The van der Waals surface area contributed by atoms with Crippen LogP contribution >= 0.6 is 23.5 Å². The maximum Gasteiger partial charge on any atom is 0.188 e. The normalized spacial score (nSPS) is 14.7. The van der Waals surface area contributed by atoms with Gasteiger partial charge in [0.05, 0.1) is 0 Å². The summed E-state index contributed by atoms with van der Waals surface area (Å²) < 4.78 is 12.4. The number of benzene rings is 1. The number of rotatable bonds is 8. The second kappa shape index (κ2) is 8.13. The van der Waals surface area contributed by atoms with Crippen molar-refractivity contribution in [1.29, 1.82) is 0 Å². The van der Waals surface area contributed by atoms with Gasteiger partial charge in [0.25, 0.3) is 0 Å². The van der Waals surface area contributed by atoms with Gasteiger partial charge >= 0.3 is 0 Å². The number of hydrogen-bond acceptors (Lipinski definition) is 5. The highest BCUT2D eigenvalue weighted by Gasteiger charge is 2.17. The summed E-state index contributed by atoms with van der Waals surface area (Å²) in [5, 5.41) is 6.37. The molecule has 0 bridgehead atoms. The number of methoxy groups -OCH3 is 1. The Morgan fingerprint density at radius 1 is 1.35 bits per heavy atom. The van der Waals surface area contributed by atoms with E-state index < -0.39 is 0 Å². The van der Waals surface area contributed by atoms with Crippen LogP contribution in [0.2, 0.25) is 0 Å². The average molecular weight is 350 g/mol. The van der Waals surface area contributed by atoms with Gasteiger partial charge in [0, 0.05) is 47.2 Å². The van der Waals surface area contributed by atoms with Gasteiger partial charge in [-0.1, -0.05) is 6.42 Å². The minimum Gasteiger partial charge on any atom is -0.468 e. The molecular formula is C17H21N2O2S2. The highest BCUT2D eigenvalue weighted by Crippen LogP contribution is 2.37. The number of aromatic nitrogens is 2. The van der Waals surface area contributed by atoms with Crippen LogP contribution < -0.4 is 4.74 Å². The zero-order chi connectivity index (χ0) is 16.1. The minimum atomic E-state index is 0.246. The Balaban J connectivity index is 1.73. The Bertz CT molecular complexity index is 641. The second-order valence-corrected chi connectivity index (χ2v) is 8.22. The Hall–Kier alpha value is -1.11. The zero-order valence-electron chi connectivity index (χ0n) is 13.4. The lowest BCUT2D eigenvalue weighted by Crippen LogP contribution is -2.12. The summed E-state index contributed by atoms with van der Waals surface area (Å²) in [5.41, 5.74) is 1.86. The molecule has 123 valence electrons. The van der Waals surface area contributed by atoms with Crippen molar-refractivity contribution >= 4 is 23.5 Å². The van der Waals surface area contributed by atoms with Crippen LogP contribution in [0.15, 0.2) is 29.3 Å². The van der Waals surface area contributed by atoms with Crippen molar-refractivity contribution < 1.29 is 9.47 Å². The van der Waals surface area contributed by atoms with Crippen molar-refractivity contribution in [1.82, 2.24) is 9.78 Å². The minimum absolute atomic E-state index is 0.246. The van der Waals surface area contributed by atoms with Crippen molar-refractivity contribution in [3.8, 4) is 17.0 Å². The van der Waals surface area contributed by atoms with Crippen molar-refractivity contribution in [2.24, 2.45) is 7.05 Å². The van der Waals surface area contributed by atoms with Crippen LogP contribution in [-0.4, -0.2) is 34.0 Å². The molecule has 0 amide bonds. The number of ether oxygens (including phenoxy) is 2. The Morgan fingerprint density at radius 2 is 2.22 bits per heavy atom. The molecule has 2 aromatic rings. The summed E-state index contributed by atoms with van der Waals surface area (Å²) >= 11 is 3.91. The van der Waals surface area contributed by atoms with E-state index >= 15 is 0 Å². The molecular weight excluding hydrogens is 328 g/mol. The van der Waals surface area contributed by atoms with Gasteiger partial charge in [-0.15, -0.1) is 23.5 Å². The van der Waals surface area contributed by atoms with Crippen molar-refractivity contribution in [2.45, 2.75) is 29.4 Å². The maximum atomic E-state index is 5.63. The molecule has 1 radical (unpaired) electrons. The molecule has 1 aliphatic rings. The maximum absolute atomic E-state index is 5.63. The lowest BCUT2D eigenvalue weighted by atomic mass is 10.0. The lowest BCUT2D eigenvalue weighted by molar-refractivity contribution is 0.0510. The van der Waals surface area contributed by atoms with Gasteiger partial charge in [-0.25, -0.2) is 0 Å². The molecule has 0 aliphatic heterocycles. The smallest absolute Gasteiger partial charge is 0.188 e. The van der Waals surface area contributed by atoms with Crippen LogP contribution in [0.4, 0.5) is 0 Å². The summed E-state index contributed by atoms with van der Waals surface area (Å²) in [4.78, 5) is 1.19. The summed E-state index contributed by atoms with van der Waals surface area (Å²) in [7, 11) is 3.53. The highest BCUT2D eigenvalue weighted by molar-refractivity contribution is 8.16. The van der Waals surface area contributed by atoms with Crippen LogP contribution in [0, 0.1) is 6.07 Å². The molecule has 1 aromatic heterocycles. The topological polar surface area (TPSA) is 36.3 Å². The molecule has 0 spiro atoms. The molecule has 23 heavy (non-hydrogen) atoms. The summed E-state index contributed by atoms with van der Waals surface area (Å²) in [6, 6.07) is 9.39. The van der Waals surface area contributed by atoms with Gasteiger partial charge in [-0.2, -0.15) is 5.10 Å². The largest absolute Gasteiger partial charge is 0.468 e. The molecule has 1 heterocycles. The van der Waals surface area contributed by atoms with Gasteiger partial charge < -0.3 is 9.47 Å². The molecule has 3 rings (SSSR count). The van der Waals surface area contributed by atoms with E-state index in [1.165, 1.54) is 24.2 Å². The fraction of sp³-hybridized carbons (Fsp3) is 0.471. The first kappa shape index (κ1) is 16.7. The number of thioether (sulfide) groups is 2. The summed E-state index contributed by atoms with van der Waals surface area (Å²) in [6.45, 7) is 0.246. The number of aryl methyl sites for hydroxylation is 1. The predicted octanol–water partition coefficient (Wildman–Crippen LogP) is 4.21. The third-order valence-corrected chi connectivity index (χ3v) is 6.25. The average Bonchev–Trinajstić information content (AvgIpc) is 2.94. The van der Waals surface area contributed by atoms with Gasteiger partial charge in [0.1, 0.15) is 11.4 Å². The van der Waals surface area contributed by atoms with Crippen LogP contribution in [0.5, 0.6) is 5.75 Å². The zero-order valence-corrected chi connectivity index (χ0v) is 15.1. The van der Waals surface area contributed by atoms with Crippen molar-refractivity contribution in [3.63, 3.8) is 0 Å².